The average Bonchev–Trinajstić information content (AvgIpc) is 2.94. The van der Waals surface area contributed by atoms with Crippen LogP contribution in [0.4, 0.5) is 6.01 Å². The van der Waals surface area contributed by atoms with Crippen LogP contribution < -0.4 is 10.6 Å². The summed E-state index contributed by atoms with van der Waals surface area (Å²) >= 11 is 0. The Kier molecular flexibility index (Phi) is 2.41. The van der Waals surface area contributed by atoms with E-state index < -0.39 is 0 Å². The zero-order valence-electron chi connectivity index (χ0n) is 8.60. The van der Waals surface area contributed by atoms with Crippen molar-refractivity contribution in [3.63, 3.8) is 0 Å². The molecule has 1 fully saturated rings. The first-order chi connectivity index (χ1) is 6.72. The molecule has 0 aliphatic heterocycles. The molecule has 2 rings (SSSR count). The summed E-state index contributed by atoms with van der Waals surface area (Å²) in [5, 5.41) is 3.95. The second kappa shape index (κ2) is 3.57. The second-order valence-electron chi connectivity index (χ2n) is 3.91. The third-order valence-electron chi connectivity index (χ3n) is 2.68. The minimum atomic E-state index is 0.225. The van der Waals surface area contributed by atoms with Gasteiger partial charge in [0.25, 0.3) is 0 Å². The fourth-order valence-electron chi connectivity index (χ4n) is 1.22. The largest absolute Gasteiger partial charge is 0.328 e. The van der Waals surface area contributed by atoms with E-state index >= 15 is 0 Å². The molecule has 0 spiro atoms. The lowest BCUT2D eigenvalue weighted by Gasteiger charge is -2.20. The SMILES string of the molecule is CC(CN)N(C)c1nc(C2CC2)no1. The first-order valence-electron chi connectivity index (χ1n) is 4.99. The molecule has 1 unspecified atom stereocenters. The van der Waals surface area contributed by atoms with Crippen molar-refractivity contribution in [2.45, 2.75) is 31.7 Å². The van der Waals surface area contributed by atoms with E-state index in [1.165, 1.54) is 12.8 Å². The van der Waals surface area contributed by atoms with Gasteiger partial charge in [-0.2, -0.15) is 4.98 Å². The molecule has 1 aromatic heterocycles. The van der Waals surface area contributed by atoms with Crippen LogP contribution in [0.1, 0.15) is 31.5 Å². The number of nitrogens with zero attached hydrogens (tertiary/aromatic N) is 3. The Balaban J connectivity index is 2.07. The van der Waals surface area contributed by atoms with Crippen molar-refractivity contribution in [3.05, 3.63) is 5.82 Å². The Morgan fingerprint density at radius 1 is 1.64 bits per heavy atom. The third-order valence-corrected chi connectivity index (χ3v) is 2.68. The Labute approximate surface area is 83.3 Å². The van der Waals surface area contributed by atoms with Crippen molar-refractivity contribution in [2.24, 2.45) is 5.73 Å². The quantitative estimate of drug-likeness (QED) is 0.768. The standard InChI is InChI=1S/C9H16N4O/c1-6(5-10)13(2)9-11-8(12-14-9)7-3-4-7/h6-7H,3-5,10H2,1-2H3. The lowest BCUT2D eigenvalue weighted by atomic mass is 10.3. The first-order valence-corrected chi connectivity index (χ1v) is 4.99. The molecular formula is C9H16N4O. The maximum Gasteiger partial charge on any atom is 0.324 e. The lowest BCUT2D eigenvalue weighted by molar-refractivity contribution is 0.403. The fraction of sp³-hybridized carbons (Fsp3) is 0.778. The summed E-state index contributed by atoms with van der Waals surface area (Å²) < 4.78 is 5.16. The molecule has 2 N–H and O–H groups in total. The Bertz CT molecular complexity index is 308. The van der Waals surface area contributed by atoms with Gasteiger partial charge in [0, 0.05) is 25.6 Å². The van der Waals surface area contributed by atoms with Crippen LogP contribution in [0.25, 0.3) is 0 Å². The van der Waals surface area contributed by atoms with Gasteiger partial charge in [-0.05, 0) is 19.8 Å². The number of hydrogen-bond donors (Lipinski definition) is 1. The molecule has 0 bridgehead atoms. The summed E-state index contributed by atoms with van der Waals surface area (Å²) in [6.45, 7) is 2.61. The molecule has 1 aliphatic rings. The van der Waals surface area contributed by atoms with E-state index in [0.717, 1.165) is 5.82 Å². The van der Waals surface area contributed by atoms with Crippen LogP contribution in [0.3, 0.4) is 0 Å². The smallest absolute Gasteiger partial charge is 0.324 e. The van der Waals surface area contributed by atoms with Crippen LogP contribution in [0.15, 0.2) is 4.52 Å². The predicted molar refractivity (Wildman–Crippen MR) is 53.2 cm³/mol. The summed E-state index contributed by atoms with van der Waals surface area (Å²) in [5.41, 5.74) is 5.56. The maximum absolute atomic E-state index is 5.56. The van der Waals surface area contributed by atoms with Crippen molar-refractivity contribution < 1.29 is 4.52 Å². The Morgan fingerprint density at radius 2 is 2.36 bits per heavy atom. The molecule has 0 aromatic carbocycles. The molecule has 14 heavy (non-hydrogen) atoms. The van der Waals surface area contributed by atoms with Crippen molar-refractivity contribution >= 4 is 6.01 Å². The van der Waals surface area contributed by atoms with Crippen molar-refractivity contribution in [1.29, 1.82) is 0 Å². The maximum atomic E-state index is 5.56. The minimum Gasteiger partial charge on any atom is -0.328 e. The summed E-state index contributed by atoms with van der Waals surface area (Å²) in [6, 6.07) is 0.798. The Morgan fingerprint density at radius 3 is 2.93 bits per heavy atom. The van der Waals surface area contributed by atoms with Gasteiger partial charge in [0.15, 0.2) is 5.82 Å². The van der Waals surface area contributed by atoms with Gasteiger partial charge in [-0.1, -0.05) is 5.16 Å². The predicted octanol–water partition coefficient (Wildman–Crippen LogP) is 0.730. The molecule has 0 radical (unpaired) electrons. The third kappa shape index (κ3) is 1.72. The minimum absolute atomic E-state index is 0.225. The van der Waals surface area contributed by atoms with Crippen LogP contribution in [0, 0.1) is 0 Å². The van der Waals surface area contributed by atoms with Gasteiger partial charge in [-0.15, -0.1) is 0 Å². The molecule has 78 valence electrons. The summed E-state index contributed by atoms with van der Waals surface area (Å²) in [5.74, 6) is 1.38. The highest BCUT2D eigenvalue weighted by atomic mass is 16.5. The molecule has 1 aromatic rings. The second-order valence-corrected chi connectivity index (χ2v) is 3.91. The zero-order valence-corrected chi connectivity index (χ0v) is 8.60. The van der Waals surface area contributed by atoms with Crippen LogP contribution in [-0.2, 0) is 0 Å². The highest BCUT2D eigenvalue weighted by Crippen LogP contribution is 2.38. The van der Waals surface area contributed by atoms with Crippen LogP contribution >= 0.6 is 0 Å². The number of nitrogens with two attached hydrogens (primary N) is 1. The van der Waals surface area contributed by atoms with Gasteiger partial charge in [0.1, 0.15) is 0 Å². The summed E-state index contributed by atoms with van der Waals surface area (Å²) in [7, 11) is 1.92. The van der Waals surface area contributed by atoms with Crippen molar-refractivity contribution in [2.75, 3.05) is 18.5 Å². The monoisotopic (exact) mass is 196 g/mol. The normalized spacial score (nSPS) is 18.2. The molecule has 5 heteroatoms. The first kappa shape index (κ1) is 9.45. The molecule has 0 amide bonds. The Hall–Kier alpha value is -1.10. The molecule has 1 saturated carbocycles. The van der Waals surface area contributed by atoms with Crippen LogP contribution in [0.2, 0.25) is 0 Å². The van der Waals surface area contributed by atoms with Crippen molar-refractivity contribution in [3.8, 4) is 0 Å². The molecule has 5 nitrogen and oxygen atoms in total. The van der Waals surface area contributed by atoms with E-state index in [2.05, 4.69) is 10.1 Å². The number of rotatable bonds is 4. The lowest BCUT2D eigenvalue weighted by Crippen LogP contribution is -2.35. The van der Waals surface area contributed by atoms with E-state index in [0.29, 0.717) is 18.5 Å². The van der Waals surface area contributed by atoms with Crippen molar-refractivity contribution in [1.82, 2.24) is 10.1 Å². The molecular weight excluding hydrogens is 180 g/mol. The van der Waals surface area contributed by atoms with Gasteiger partial charge < -0.3 is 15.2 Å². The van der Waals surface area contributed by atoms with Crippen LogP contribution in [-0.4, -0.2) is 29.8 Å². The molecule has 1 heterocycles. The van der Waals surface area contributed by atoms with Gasteiger partial charge in [-0.25, -0.2) is 0 Å². The summed E-state index contributed by atoms with van der Waals surface area (Å²) in [6.07, 6.45) is 2.38. The van der Waals surface area contributed by atoms with E-state index in [9.17, 15) is 0 Å². The van der Waals surface area contributed by atoms with Crippen LogP contribution in [0.5, 0.6) is 0 Å². The molecule has 1 atom stereocenters. The van der Waals surface area contributed by atoms with E-state index in [-0.39, 0.29) is 6.04 Å². The van der Waals surface area contributed by atoms with Gasteiger partial charge in [0.2, 0.25) is 0 Å². The number of hydrogen-bond acceptors (Lipinski definition) is 5. The number of aromatic nitrogens is 2. The highest BCUT2D eigenvalue weighted by molar-refractivity contribution is 5.26. The molecule has 0 saturated heterocycles. The fourth-order valence-corrected chi connectivity index (χ4v) is 1.22. The zero-order chi connectivity index (χ0) is 10.1. The van der Waals surface area contributed by atoms with E-state index in [1.807, 2.05) is 18.9 Å². The average molecular weight is 196 g/mol. The summed E-state index contributed by atoms with van der Waals surface area (Å²) in [4.78, 5) is 6.25. The van der Waals surface area contributed by atoms with E-state index in [4.69, 9.17) is 10.3 Å². The van der Waals surface area contributed by atoms with Gasteiger partial charge >= 0.3 is 6.01 Å². The number of anilines is 1. The van der Waals surface area contributed by atoms with Gasteiger partial charge in [-0.3, -0.25) is 0 Å². The van der Waals surface area contributed by atoms with E-state index in [1.54, 1.807) is 0 Å². The topological polar surface area (TPSA) is 68.2 Å². The number of likely N-dealkylation sites (N-methyl/N-ethyl adjacent to an activating group) is 1. The highest BCUT2D eigenvalue weighted by Gasteiger charge is 2.29. The van der Waals surface area contributed by atoms with Gasteiger partial charge in [0.05, 0.1) is 0 Å². The molecule has 1 aliphatic carbocycles.